The van der Waals surface area contributed by atoms with Gasteiger partial charge in [0.2, 0.25) is 0 Å². The van der Waals surface area contributed by atoms with E-state index in [1.54, 1.807) is 46.7 Å². The van der Waals surface area contributed by atoms with E-state index in [1.165, 1.54) is 60.1 Å². The molecule has 2 aliphatic carbocycles. The van der Waals surface area contributed by atoms with Gasteiger partial charge in [0.1, 0.15) is 0 Å². The molecular formula is C34H50Cl2N2Si2Zr2-2. The van der Waals surface area contributed by atoms with E-state index >= 15 is 0 Å². The fourth-order valence-corrected chi connectivity index (χ4v) is 4.34. The van der Waals surface area contributed by atoms with Gasteiger partial charge in [0.25, 0.3) is 0 Å². The van der Waals surface area contributed by atoms with Crippen LogP contribution in [0.5, 0.6) is 0 Å². The number of rotatable bonds is 0. The molecule has 2 aliphatic rings. The minimum absolute atomic E-state index is 0. The summed E-state index contributed by atoms with van der Waals surface area (Å²) in [6, 6.07) is 29.9. The van der Waals surface area contributed by atoms with Crippen LogP contribution in [0.1, 0.15) is 64.2 Å². The van der Waals surface area contributed by atoms with Crippen LogP contribution in [0.2, 0.25) is 26.2 Å². The van der Waals surface area contributed by atoms with E-state index < -0.39 is 0 Å². The quantitative estimate of drug-likeness (QED) is 0.169. The summed E-state index contributed by atoms with van der Waals surface area (Å²) in [5, 5.41) is 5.32. The van der Waals surface area contributed by atoms with Crippen molar-refractivity contribution in [1.82, 2.24) is 0 Å². The van der Waals surface area contributed by atoms with Gasteiger partial charge in [-0.3, -0.25) is 0 Å². The van der Waals surface area contributed by atoms with Crippen LogP contribution in [-0.2, 0) is 46.7 Å². The Balaban J connectivity index is 0. The Hall–Kier alpha value is 0.360. The molecular weight excluding hydrogens is 746 g/mol. The molecule has 2 N–H and O–H groups in total. The summed E-state index contributed by atoms with van der Waals surface area (Å²) in [6.45, 7) is 9.23. The molecule has 4 aromatic carbocycles. The second-order valence-electron chi connectivity index (χ2n) is 11.0. The molecule has 0 unspecified atom stereocenters. The van der Waals surface area contributed by atoms with E-state index in [4.69, 9.17) is 11.5 Å². The van der Waals surface area contributed by atoms with Crippen molar-refractivity contribution in [2.24, 2.45) is 0 Å². The van der Waals surface area contributed by atoms with Crippen molar-refractivity contribution in [3.05, 3.63) is 96.4 Å². The average Bonchev–Trinajstić information content (AvgIpc) is 3.60. The van der Waals surface area contributed by atoms with Crippen LogP contribution in [0.15, 0.2) is 84.9 Å². The maximum absolute atomic E-state index is 7.27. The van der Waals surface area contributed by atoms with Crippen molar-refractivity contribution >= 4 is 32.4 Å². The van der Waals surface area contributed by atoms with Gasteiger partial charge in [0, 0.05) is 0 Å². The van der Waals surface area contributed by atoms with E-state index in [9.17, 15) is 0 Å². The number of benzene rings is 2. The molecule has 0 aliphatic heterocycles. The second-order valence-corrected chi connectivity index (χ2v) is 29.7. The summed E-state index contributed by atoms with van der Waals surface area (Å²) in [6.07, 6.45) is 12.6. The molecule has 0 bridgehead atoms. The molecule has 42 heavy (non-hydrogen) atoms. The summed E-state index contributed by atoms with van der Waals surface area (Å²) in [5.74, 6) is 0. The van der Waals surface area contributed by atoms with Crippen LogP contribution in [0, 0.1) is 0 Å². The number of hydrogen-bond acceptors (Lipinski definition) is 0. The standard InChI is InChI=1S/2C9H7.2C6H12N.2C2H6Si.2ClH.2Zr/c2*1-2-5-9-7-3-6-8(9)4-1;2*7-6-4-2-1-3-5-6;2*1-3-2;;;;/h2*1-7H;2*6-7H,1-5H2;2*1-2H3;2*1H;;/q4*-1;;;;;2*+2/p-2. The van der Waals surface area contributed by atoms with Crippen molar-refractivity contribution in [2.75, 3.05) is 0 Å². The molecule has 2 saturated carbocycles. The zero-order valence-electron chi connectivity index (χ0n) is 26.1. The minimum Gasteiger partial charge on any atom is -1.00 e. The molecule has 0 saturated heterocycles. The predicted molar refractivity (Wildman–Crippen MR) is 176 cm³/mol. The van der Waals surface area contributed by atoms with Crippen molar-refractivity contribution in [1.29, 1.82) is 0 Å². The van der Waals surface area contributed by atoms with E-state index in [-0.39, 0.29) is 47.8 Å². The molecule has 6 rings (SSSR count). The summed E-state index contributed by atoms with van der Waals surface area (Å²) in [7, 11) is 0. The third-order valence-electron chi connectivity index (χ3n) is 6.31. The summed E-state index contributed by atoms with van der Waals surface area (Å²) in [4.78, 5) is 0. The second kappa shape index (κ2) is 28.8. The maximum atomic E-state index is 7.27. The molecule has 0 spiro atoms. The van der Waals surface area contributed by atoms with Gasteiger partial charge < -0.3 is 36.3 Å². The predicted octanol–water partition coefficient (Wildman–Crippen LogP) is 5.44. The smallest absolute Gasteiger partial charge is 0.0534 e. The number of fused-ring (bicyclic) bond motifs is 2. The average molecular weight is 796 g/mol. The van der Waals surface area contributed by atoms with Crippen LogP contribution < -0.4 is 24.8 Å². The Kier molecular flexibility index (Phi) is 30.5. The normalized spacial score (nSPS) is 14.1. The van der Waals surface area contributed by atoms with Gasteiger partial charge in [-0.1, -0.05) is 76.3 Å². The number of halogens is 2. The van der Waals surface area contributed by atoms with Gasteiger partial charge in [-0.15, -0.1) is 71.4 Å². The Morgan fingerprint density at radius 3 is 1.07 bits per heavy atom. The first-order chi connectivity index (χ1) is 19.2. The monoisotopic (exact) mass is 792 g/mol. The van der Waals surface area contributed by atoms with Gasteiger partial charge >= 0.3 is 83.7 Å². The summed E-state index contributed by atoms with van der Waals surface area (Å²) in [5.41, 5.74) is 15.0. The zero-order chi connectivity index (χ0) is 29.6. The largest absolute Gasteiger partial charge is 1.00 e. The topological polar surface area (TPSA) is 47.6 Å². The summed E-state index contributed by atoms with van der Waals surface area (Å²) >= 11 is 3.48. The van der Waals surface area contributed by atoms with E-state index in [0.717, 1.165) is 25.7 Å². The molecule has 4 aromatic rings. The van der Waals surface area contributed by atoms with Crippen molar-refractivity contribution in [3.63, 3.8) is 0 Å². The van der Waals surface area contributed by atoms with Crippen molar-refractivity contribution in [3.8, 4) is 0 Å². The first-order valence-electron chi connectivity index (χ1n) is 14.9. The number of nitrogens with one attached hydrogen (secondary N) is 2. The Morgan fingerprint density at radius 1 is 0.548 bits per heavy atom. The van der Waals surface area contributed by atoms with Crippen molar-refractivity contribution in [2.45, 2.75) is 102 Å². The molecule has 8 heteroatoms. The first-order valence-corrected chi connectivity index (χ1v) is 27.2. The minimum atomic E-state index is 0. The zero-order valence-corrected chi connectivity index (χ0v) is 34.5. The fourth-order valence-electron chi connectivity index (χ4n) is 4.34. The fraction of sp³-hybridized carbons (Fsp3) is 0.471. The van der Waals surface area contributed by atoms with E-state index in [2.05, 4.69) is 111 Å². The van der Waals surface area contributed by atoms with Crippen molar-refractivity contribution < 1.29 is 71.5 Å². The molecule has 0 radical (unpaired) electrons. The van der Waals surface area contributed by atoms with Gasteiger partial charge in [0.15, 0.2) is 0 Å². The molecule has 0 amide bonds. The molecule has 0 aromatic heterocycles. The molecule has 0 atom stereocenters. The van der Waals surface area contributed by atoms with Gasteiger partial charge in [-0.05, 0) is 0 Å². The van der Waals surface area contributed by atoms with Crippen LogP contribution >= 0.6 is 0 Å². The molecule has 228 valence electrons. The first kappa shape index (κ1) is 44.5. The van der Waals surface area contributed by atoms with Gasteiger partial charge in [-0.25, -0.2) is 0 Å². The van der Waals surface area contributed by atoms with E-state index in [0.29, 0.717) is 0 Å². The number of hydrogen-bond donors (Lipinski definition) is 0. The Bertz CT molecular complexity index is 1040. The Labute approximate surface area is 299 Å². The van der Waals surface area contributed by atoms with E-state index in [1.807, 2.05) is 0 Å². The van der Waals surface area contributed by atoms with Gasteiger partial charge in [-0.2, -0.15) is 35.0 Å². The summed E-state index contributed by atoms with van der Waals surface area (Å²) < 4.78 is 0. The maximum Gasteiger partial charge on any atom is -0.0534 e. The van der Waals surface area contributed by atoms with Crippen LogP contribution in [0.3, 0.4) is 0 Å². The van der Waals surface area contributed by atoms with Crippen LogP contribution in [0.25, 0.3) is 33.0 Å². The van der Waals surface area contributed by atoms with Gasteiger partial charge in [0.05, 0.1) is 0 Å². The molecule has 2 fully saturated rings. The molecule has 2 nitrogen and oxygen atoms in total. The molecule has 0 heterocycles. The Morgan fingerprint density at radius 2 is 0.833 bits per heavy atom. The third kappa shape index (κ3) is 24.7. The SMILES string of the molecule is C[Si](C)=[Zr+2].C[Si](C)=[Zr+2].[Cl-].[Cl-].[NH-]C1CCCCC1.[NH-]C1CCCCC1.c1ccc2[cH-]ccc2c1.c1ccc2[cH-]ccc2c1. The third-order valence-corrected chi connectivity index (χ3v) is 6.31. The van der Waals surface area contributed by atoms with Crippen LogP contribution in [0.4, 0.5) is 0 Å². The van der Waals surface area contributed by atoms with Crippen LogP contribution in [-0.4, -0.2) is 23.0 Å².